The lowest BCUT2D eigenvalue weighted by Gasteiger charge is -2.37. The minimum absolute atomic E-state index is 0.148. The summed E-state index contributed by atoms with van der Waals surface area (Å²) in [6.45, 7) is 14.9. The zero-order chi connectivity index (χ0) is 11.3. The minimum atomic E-state index is 0.148. The molecule has 1 fully saturated rings. The summed E-state index contributed by atoms with van der Waals surface area (Å²) in [7, 11) is 0. The highest BCUT2D eigenvalue weighted by molar-refractivity contribution is 4.81. The van der Waals surface area contributed by atoms with Gasteiger partial charge >= 0.3 is 0 Å². The van der Waals surface area contributed by atoms with Crippen molar-refractivity contribution in [3.63, 3.8) is 0 Å². The van der Waals surface area contributed by atoms with Crippen molar-refractivity contribution in [1.82, 2.24) is 9.80 Å². The second kappa shape index (κ2) is 5.48. The quantitative estimate of drug-likeness (QED) is 0.699. The van der Waals surface area contributed by atoms with E-state index in [4.69, 9.17) is 5.26 Å². The van der Waals surface area contributed by atoms with Gasteiger partial charge in [-0.3, -0.25) is 4.90 Å². The molecule has 1 aliphatic heterocycles. The van der Waals surface area contributed by atoms with Gasteiger partial charge in [0.25, 0.3) is 0 Å². The fourth-order valence-electron chi connectivity index (χ4n) is 1.98. The van der Waals surface area contributed by atoms with Crippen LogP contribution in [0, 0.1) is 23.7 Å². The van der Waals surface area contributed by atoms with Gasteiger partial charge in [-0.1, -0.05) is 13.8 Å². The van der Waals surface area contributed by atoms with E-state index >= 15 is 0 Å². The van der Waals surface area contributed by atoms with Crippen molar-refractivity contribution in [2.45, 2.75) is 20.3 Å². The van der Waals surface area contributed by atoms with Crippen LogP contribution in [0.2, 0.25) is 0 Å². The maximum absolute atomic E-state index is 8.51. The number of hydrogen-bond acceptors (Lipinski definition) is 3. The molecule has 0 amide bonds. The van der Waals surface area contributed by atoms with E-state index in [1.54, 1.807) is 0 Å². The maximum Gasteiger partial charge on any atom is 0.0635 e. The molecular weight excluding hydrogens is 186 g/mol. The maximum atomic E-state index is 8.51. The van der Waals surface area contributed by atoms with E-state index in [1.807, 2.05) is 0 Å². The summed E-state index contributed by atoms with van der Waals surface area (Å²) in [4.78, 5) is 4.84. The van der Waals surface area contributed by atoms with E-state index in [9.17, 15) is 0 Å². The second-order valence-electron chi connectivity index (χ2n) is 5.19. The van der Waals surface area contributed by atoms with Crippen LogP contribution in [0.1, 0.15) is 20.3 Å². The van der Waals surface area contributed by atoms with E-state index in [0.29, 0.717) is 6.42 Å². The lowest BCUT2D eigenvalue weighted by atomic mass is 9.96. The van der Waals surface area contributed by atoms with Crippen molar-refractivity contribution < 1.29 is 0 Å². The Morgan fingerprint density at radius 1 is 1.20 bits per heavy atom. The summed E-state index contributed by atoms with van der Waals surface area (Å²) in [5.41, 5.74) is 0.148. The molecule has 1 saturated heterocycles. The molecule has 0 saturated carbocycles. The molecule has 0 unspecified atom stereocenters. The number of nitriles is 1. The molecule has 0 aromatic rings. The van der Waals surface area contributed by atoms with E-state index in [0.717, 1.165) is 39.3 Å². The van der Waals surface area contributed by atoms with Gasteiger partial charge in [0.1, 0.15) is 0 Å². The summed E-state index contributed by atoms with van der Waals surface area (Å²) in [6.07, 6.45) is 0.654. The molecule has 0 bridgehead atoms. The molecule has 3 heteroatoms. The topological polar surface area (TPSA) is 30.3 Å². The Kier molecular flexibility index (Phi) is 4.56. The third-order valence-electron chi connectivity index (χ3n) is 2.66. The second-order valence-corrected chi connectivity index (χ2v) is 5.19. The van der Waals surface area contributed by atoms with Crippen molar-refractivity contribution >= 4 is 0 Å². The standard InChI is InChI=1S/C12H22N3/c1-12(2,3)11-15-9-7-14(8-10-15)6-4-5-13/h1,4,6-11H2,2-3H3. The summed E-state index contributed by atoms with van der Waals surface area (Å²) < 4.78 is 0. The van der Waals surface area contributed by atoms with E-state index < -0.39 is 0 Å². The van der Waals surface area contributed by atoms with Gasteiger partial charge in [-0.2, -0.15) is 5.26 Å². The van der Waals surface area contributed by atoms with Crippen LogP contribution in [-0.4, -0.2) is 49.1 Å². The van der Waals surface area contributed by atoms with Crippen LogP contribution in [-0.2, 0) is 0 Å². The first-order valence-corrected chi connectivity index (χ1v) is 5.68. The van der Waals surface area contributed by atoms with E-state index in [2.05, 4.69) is 36.6 Å². The third-order valence-corrected chi connectivity index (χ3v) is 2.66. The Labute approximate surface area is 93.7 Å². The summed E-state index contributed by atoms with van der Waals surface area (Å²) in [6, 6.07) is 2.20. The molecule has 1 aliphatic rings. The summed E-state index contributed by atoms with van der Waals surface area (Å²) in [5, 5.41) is 8.51. The van der Waals surface area contributed by atoms with Crippen molar-refractivity contribution in [2.24, 2.45) is 5.41 Å². The predicted octanol–water partition coefficient (Wildman–Crippen LogP) is 1.38. The first kappa shape index (κ1) is 12.5. The normalized spacial score (nSPS) is 20.1. The molecule has 0 aromatic heterocycles. The van der Waals surface area contributed by atoms with Gasteiger partial charge in [0.15, 0.2) is 0 Å². The highest BCUT2D eigenvalue weighted by Crippen LogP contribution is 2.15. The molecule has 85 valence electrons. The van der Waals surface area contributed by atoms with Crippen LogP contribution < -0.4 is 0 Å². The van der Waals surface area contributed by atoms with Crippen LogP contribution in [0.5, 0.6) is 0 Å². The first-order valence-electron chi connectivity index (χ1n) is 5.68. The molecule has 0 spiro atoms. The van der Waals surface area contributed by atoms with Crippen molar-refractivity contribution in [3.8, 4) is 6.07 Å². The number of nitrogens with zero attached hydrogens (tertiary/aromatic N) is 3. The fraction of sp³-hybridized carbons (Fsp3) is 0.833. The first-order chi connectivity index (χ1) is 7.01. The Morgan fingerprint density at radius 3 is 2.20 bits per heavy atom. The molecule has 1 radical (unpaired) electrons. The zero-order valence-corrected chi connectivity index (χ0v) is 10.00. The zero-order valence-electron chi connectivity index (χ0n) is 10.00. The molecule has 3 nitrogen and oxygen atoms in total. The Bertz CT molecular complexity index is 216. The molecule has 0 N–H and O–H groups in total. The average Bonchev–Trinajstić information content (AvgIpc) is 2.14. The third kappa shape index (κ3) is 5.15. The molecule has 15 heavy (non-hydrogen) atoms. The van der Waals surface area contributed by atoms with Crippen molar-refractivity contribution in [1.29, 1.82) is 5.26 Å². The van der Waals surface area contributed by atoms with Gasteiger partial charge in [0, 0.05) is 45.7 Å². The molecule has 0 aliphatic carbocycles. The predicted molar refractivity (Wildman–Crippen MR) is 62.2 cm³/mol. The average molecular weight is 208 g/mol. The number of rotatable bonds is 4. The molecule has 1 rings (SSSR count). The Balaban J connectivity index is 2.21. The molecule has 0 atom stereocenters. The SMILES string of the molecule is [CH2]C(C)(C)CN1CCN(CCC#N)CC1. The van der Waals surface area contributed by atoms with Crippen LogP contribution in [0.25, 0.3) is 0 Å². The van der Waals surface area contributed by atoms with Crippen molar-refractivity contribution in [2.75, 3.05) is 39.3 Å². The van der Waals surface area contributed by atoms with Gasteiger partial charge in [0.05, 0.1) is 6.07 Å². The van der Waals surface area contributed by atoms with E-state index in [1.165, 1.54) is 0 Å². The summed E-state index contributed by atoms with van der Waals surface area (Å²) in [5.74, 6) is 0. The summed E-state index contributed by atoms with van der Waals surface area (Å²) >= 11 is 0. The van der Waals surface area contributed by atoms with Gasteiger partial charge in [-0.15, -0.1) is 0 Å². The smallest absolute Gasteiger partial charge is 0.0635 e. The Hall–Kier alpha value is -0.590. The monoisotopic (exact) mass is 208 g/mol. The van der Waals surface area contributed by atoms with Crippen LogP contribution >= 0.6 is 0 Å². The number of hydrogen-bond donors (Lipinski definition) is 0. The number of piperazine rings is 1. The fourth-order valence-corrected chi connectivity index (χ4v) is 1.98. The van der Waals surface area contributed by atoms with Crippen molar-refractivity contribution in [3.05, 3.63) is 6.92 Å². The van der Waals surface area contributed by atoms with Crippen LogP contribution in [0.3, 0.4) is 0 Å². The highest BCUT2D eigenvalue weighted by atomic mass is 15.3. The highest BCUT2D eigenvalue weighted by Gasteiger charge is 2.21. The van der Waals surface area contributed by atoms with Gasteiger partial charge in [-0.05, 0) is 12.3 Å². The van der Waals surface area contributed by atoms with Crippen LogP contribution in [0.4, 0.5) is 0 Å². The molecule has 1 heterocycles. The largest absolute Gasteiger partial charge is 0.300 e. The molecule has 0 aromatic carbocycles. The minimum Gasteiger partial charge on any atom is -0.300 e. The molecular formula is C12H22N3. The van der Waals surface area contributed by atoms with Crippen LogP contribution in [0.15, 0.2) is 0 Å². The van der Waals surface area contributed by atoms with Gasteiger partial charge in [0.2, 0.25) is 0 Å². The Morgan fingerprint density at radius 2 is 1.73 bits per heavy atom. The van der Waals surface area contributed by atoms with E-state index in [-0.39, 0.29) is 5.41 Å². The lowest BCUT2D eigenvalue weighted by Crippen LogP contribution is -2.48. The van der Waals surface area contributed by atoms with Gasteiger partial charge < -0.3 is 4.90 Å². The van der Waals surface area contributed by atoms with Gasteiger partial charge in [-0.25, -0.2) is 0 Å². The lowest BCUT2D eigenvalue weighted by molar-refractivity contribution is 0.110.